The third-order valence-electron chi connectivity index (χ3n) is 5.45. The van der Waals surface area contributed by atoms with Crippen molar-refractivity contribution in [1.82, 2.24) is 35.4 Å². The number of nitrogens with one attached hydrogen (secondary N) is 1. The summed E-state index contributed by atoms with van der Waals surface area (Å²) < 4.78 is 30.4. The zero-order valence-corrected chi connectivity index (χ0v) is 19.2. The summed E-state index contributed by atoms with van der Waals surface area (Å²) in [6.45, 7) is 4.07. The first kappa shape index (κ1) is 23.4. The van der Waals surface area contributed by atoms with E-state index in [0.717, 1.165) is 28.7 Å². The molecule has 2 aromatic heterocycles. The van der Waals surface area contributed by atoms with E-state index < -0.39 is 11.7 Å². The van der Waals surface area contributed by atoms with Crippen LogP contribution < -0.4 is 0 Å². The molecule has 2 aromatic carbocycles. The summed E-state index contributed by atoms with van der Waals surface area (Å²) in [5, 5.41) is 18.5. The molecule has 0 unspecified atom stereocenters. The van der Waals surface area contributed by atoms with Gasteiger partial charge in [0.1, 0.15) is 0 Å². The van der Waals surface area contributed by atoms with Crippen molar-refractivity contribution in [3.05, 3.63) is 82.9 Å². The number of rotatable bonds is 10. The molecule has 9 heteroatoms. The Morgan fingerprint density at radius 3 is 2.50 bits per heavy atom. The van der Waals surface area contributed by atoms with Gasteiger partial charge in [0.2, 0.25) is 11.6 Å². The van der Waals surface area contributed by atoms with Gasteiger partial charge in [-0.1, -0.05) is 68.5 Å². The van der Waals surface area contributed by atoms with Gasteiger partial charge in [-0.3, -0.25) is 0 Å². The van der Waals surface area contributed by atoms with Crippen molar-refractivity contribution < 1.29 is 8.78 Å². The molecule has 0 fully saturated rings. The van der Waals surface area contributed by atoms with Crippen LogP contribution in [0.15, 0.2) is 54.6 Å². The number of H-pyrrole nitrogens is 1. The monoisotopic (exact) mass is 463 g/mol. The topological polar surface area (TPSA) is 85.2 Å². The Bertz CT molecular complexity index is 1230. The highest BCUT2D eigenvalue weighted by molar-refractivity contribution is 5.60. The van der Waals surface area contributed by atoms with E-state index >= 15 is 0 Å². The lowest BCUT2D eigenvalue weighted by Gasteiger charge is -2.10. The van der Waals surface area contributed by atoms with Gasteiger partial charge in [-0.05, 0) is 47.2 Å². The van der Waals surface area contributed by atoms with Crippen LogP contribution in [-0.4, -0.2) is 35.4 Å². The SMILES string of the molecule is CCC=Cc1nc(C(F)(F)CCC)nn1Cc1ccc(Cc2ccccc2-c2nn[nH]n2)cc1. The van der Waals surface area contributed by atoms with Crippen LogP contribution in [-0.2, 0) is 18.9 Å². The Morgan fingerprint density at radius 1 is 1.03 bits per heavy atom. The predicted molar refractivity (Wildman–Crippen MR) is 126 cm³/mol. The predicted octanol–water partition coefficient (Wildman–Crippen LogP) is 5.41. The van der Waals surface area contributed by atoms with Crippen LogP contribution in [0.4, 0.5) is 8.78 Å². The van der Waals surface area contributed by atoms with Crippen LogP contribution in [0.25, 0.3) is 17.5 Å². The van der Waals surface area contributed by atoms with E-state index in [-0.39, 0.29) is 6.42 Å². The first-order valence-corrected chi connectivity index (χ1v) is 11.4. The minimum absolute atomic E-state index is 0.270. The summed E-state index contributed by atoms with van der Waals surface area (Å²) in [5.74, 6) is -2.46. The molecule has 0 saturated carbocycles. The van der Waals surface area contributed by atoms with E-state index in [1.807, 2.05) is 61.5 Å². The summed E-state index contributed by atoms with van der Waals surface area (Å²) in [5.41, 5.74) is 4.08. The zero-order chi connectivity index (χ0) is 24.0. The molecule has 0 amide bonds. The van der Waals surface area contributed by atoms with Gasteiger partial charge in [0.05, 0.1) is 6.54 Å². The van der Waals surface area contributed by atoms with Crippen molar-refractivity contribution in [2.75, 3.05) is 0 Å². The Kier molecular flexibility index (Phi) is 7.20. The Balaban J connectivity index is 1.53. The van der Waals surface area contributed by atoms with Crippen molar-refractivity contribution >= 4 is 6.08 Å². The summed E-state index contributed by atoms with van der Waals surface area (Å²) >= 11 is 0. The number of aromatic amines is 1. The van der Waals surface area contributed by atoms with Crippen molar-refractivity contribution in [2.24, 2.45) is 0 Å². The number of hydrogen-bond acceptors (Lipinski definition) is 5. The first-order valence-electron chi connectivity index (χ1n) is 11.4. The summed E-state index contributed by atoms with van der Waals surface area (Å²) in [6.07, 6.45) is 5.22. The van der Waals surface area contributed by atoms with Gasteiger partial charge in [0, 0.05) is 12.0 Å². The normalized spacial score (nSPS) is 12.0. The second-order valence-corrected chi connectivity index (χ2v) is 8.10. The first-order chi connectivity index (χ1) is 16.5. The maximum atomic E-state index is 14.4. The molecule has 2 heterocycles. The lowest BCUT2D eigenvalue weighted by atomic mass is 9.98. The molecule has 1 N–H and O–H groups in total. The van der Waals surface area contributed by atoms with E-state index in [9.17, 15) is 8.78 Å². The van der Waals surface area contributed by atoms with Crippen molar-refractivity contribution in [3.63, 3.8) is 0 Å². The molecule has 0 bridgehead atoms. The number of alkyl halides is 2. The lowest BCUT2D eigenvalue weighted by molar-refractivity contribution is -0.0232. The van der Waals surface area contributed by atoms with Crippen LogP contribution in [0, 0.1) is 0 Å². The third-order valence-corrected chi connectivity index (χ3v) is 5.45. The molecule has 0 aliphatic heterocycles. The largest absolute Gasteiger partial charge is 0.308 e. The average molecular weight is 464 g/mol. The van der Waals surface area contributed by atoms with Gasteiger partial charge in [-0.2, -0.15) is 14.0 Å². The van der Waals surface area contributed by atoms with Gasteiger partial charge < -0.3 is 0 Å². The van der Waals surface area contributed by atoms with Crippen molar-refractivity contribution in [1.29, 1.82) is 0 Å². The fourth-order valence-corrected chi connectivity index (χ4v) is 3.72. The van der Waals surface area contributed by atoms with Crippen LogP contribution in [0.5, 0.6) is 0 Å². The Labute approximate surface area is 196 Å². The van der Waals surface area contributed by atoms with E-state index in [4.69, 9.17) is 0 Å². The van der Waals surface area contributed by atoms with Gasteiger partial charge in [0.15, 0.2) is 5.82 Å². The third kappa shape index (κ3) is 5.41. The molecule has 0 aliphatic carbocycles. The van der Waals surface area contributed by atoms with Gasteiger partial charge in [0.25, 0.3) is 0 Å². The molecule has 0 aliphatic rings. The second-order valence-electron chi connectivity index (χ2n) is 8.10. The van der Waals surface area contributed by atoms with E-state index in [1.165, 1.54) is 0 Å². The number of halogens is 2. The Morgan fingerprint density at radius 2 is 1.79 bits per heavy atom. The molecule has 0 spiro atoms. The minimum Gasteiger partial charge on any atom is -0.241 e. The number of tetrazole rings is 1. The molecular formula is C25H27F2N7. The highest BCUT2D eigenvalue weighted by Gasteiger charge is 2.35. The lowest BCUT2D eigenvalue weighted by Crippen LogP contribution is -2.15. The highest BCUT2D eigenvalue weighted by atomic mass is 19.3. The Hall–Kier alpha value is -3.75. The zero-order valence-electron chi connectivity index (χ0n) is 19.2. The van der Waals surface area contributed by atoms with Crippen LogP contribution in [0.1, 0.15) is 61.4 Å². The minimum atomic E-state index is -3.04. The summed E-state index contributed by atoms with van der Waals surface area (Å²) in [6, 6.07) is 16.0. The second kappa shape index (κ2) is 10.5. The fourth-order valence-electron chi connectivity index (χ4n) is 3.72. The van der Waals surface area contributed by atoms with E-state index in [2.05, 4.69) is 30.7 Å². The van der Waals surface area contributed by atoms with Crippen LogP contribution in [0.2, 0.25) is 0 Å². The van der Waals surface area contributed by atoms with Gasteiger partial charge in [-0.25, -0.2) is 9.67 Å². The molecule has 4 aromatic rings. The molecule has 176 valence electrons. The van der Waals surface area contributed by atoms with Crippen LogP contribution in [0.3, 0.4) is 0 Å². The number of nitrogens with zero attached hydrogens (tertiary/aromatic N) is 6. The average Bonchev–Trinajstić information content (AvgIpc) is 3.50. The van der Waals surface area contributed by atoms with E-state index in [1.54, 1.807) is 17.7 Å². The molecule has 34 heavy (non-hydrogen) atoms. The summed E-state index contributed by atoms with van der Waals surface area (Å²) in [4.78, 5) is 4.14. The number of allylic oxidation sites excluding steroid dienone is 1. The standard InChI is InChI=1S/C25H27F2N7/c1-3-5-10-22-28-24(25(26,27)15-4-2)31-34(22)17-19-13-11-18(12-14-19)16-20-8-6-7-9-21(20)23-29-32-33-30-23/h5-14H,3-4,15-17H2,1-2H3,(H,29,30,32,33). The molecular weight excluding hydrogens is 436 g/mol. The quantitative estimate of drug-likeness (QED) is 0.340. The molecule has 4 rings (SSSR count). The number of benzene rings is 2. The number of aromatic nitrogens is 7. The van der Waals surface area contributed by atoms with E-state index in [0.29, 0.717) is 31.0 Å². The maximum Gasteiger partial charge on any atom is 0.308 e. The molecule has 7 nitrogen and oxygen atoms in total. The smallest absolute Gasteiger partial charge is 0.241 e. The molecule has 0 radical (unpaired) electrons. The maximum absolute atomic E-state index is 14.4. The summed E-state index contributed by atoms with van der Waals surface area (Å²) in [7, 11) is 0. The highest BCUT2D eigenvalue weighted by Crippen LogP contribution is 2.31. The fraction of sp³-hybridized carbons (Fsp3) is 0.320. The van der Waals surface area contributed by atoms with Crippen molar-refractivity contribution in [2.45, 2.75) is 52.0 Å². The molecule has 0 saturated heterocycles. The molecule has 0 atom stereocenters. The number of hydrogen-bond donors (Lipinski definition) is 1. The van der Waals surface area contributed by atoms with Gasteiger partial charge >= 0.3 is 5.92 Å². The van der Waals surface area contributed by atoms with Crippen molar-refractivity contribution in [3.8, 4) is 11.4 Å². The van der Waals surface area contributed by atoms with Gasteiger partial charge in [-0.15, -0.1) is 15.3 Å². The van der Waals surface area contributed by atoms with Crippen LogP contribution >= 0.6 is 0 Å².